The van der Waals surface area contributed by atoms with Gasteiger partial charge in [0.25, 0.3) is 5.91 Å². The summed E-state index contributed by atoms with van der Waals surface area (Å²) in [6.07, 6.45) is 0.185. The number of fused-ring (bicyclic) bond motifs is 4. The van der Waals surface area contributed by atoms with Gasteiger partial charge in [0.1, 0.15) is 23.0 Å². The van der Waals surface area contributed by atoms with E-state index in [2.05, 4.69) is 15.1 Å². The molecule has 0 bridgehead atoms. The van der Waals surface area contributed by atoms with Crippen LogP contribution < -0.4 is 15.4 Å². The third-order valence-electron chi connectivity index (χ3n) is 6.38. The third kappa shape index (κ3) is 3.90. The number of hydrogen-bond donors (Lipinski definition) is 1. The fraction of sp³-hybridized carbons (Fsp3) is 0.200. The van der Waals surface area contributed by atoms with Gasteiger partial charge in [-0.2, -0.15) is 18.3 Å². The van der Waals surface area contributed by atoms with Gasteiger partial charge in [0, 0.05) is 48.4 Å². The highest BCUT2D eigenvalue weighted by atomic mass is 19.4. The highest BCUT2D eigenvalue weighted by Gasteiger charge is 2.31. The van der Waals surface area contributed by atoms with Gasteiger partial charge in [-0.25, -0.2) is 9.97 Å². The molecule has 1 amide bonds. The summed E-state index contributed by atoms with van der Waals surface area (Å²) < 4.78 is 48.1. The molecular formula is C25H20F3N7O2. The van der Waals surface area contributed by atoms with Crippen molar-refractivity contribution in [2.45, 2.75) is 19.1 Å². The van der Waals surface area contributed by atoms with Gasteiger partial charge in [0.05, 0.1) is 36.1 Å². The molecule has 4 aromatic heterocycles. The van der Waals surface area contributed by atoms with Crippen molar-refractivity contribution in [3.63, 3.8) is 0 Å². The van der Waals surface area contributed by atoms with Gasteiger partial charge in [-0.05, 0) is 30.3 Å². The first-order valence-corrected chi connectivity index (χ1v) is 11.4. The quantitative estimate of drug-likeness (QED) is 0.395. The number of nitrogens with two attached hydrogens (primary N) is 1. The zero-order valence-electron chi connectivity index (χ0n) is 19.5. The van der Waals surface area contributed by atoms with Crippen molar-refractivity contribution in [2.75, 3.05) is 17.2 Å². The summed E-state index contributed by atoms with van der Waals surface area (Å²) in [7, 11) is 1.70. The Balaban J connectivity index is 1.40. The predicted octanol–water partition coefficient (Wildman–Crippen LogP) is 4.00. The standard InChI is InChI=1S/C25H20F3N7O2/c1-33-21(6-8-30-33)35(13-16-12-34-11-15(25(26,27)28)3-5-20(34)31-16)24(36)14-2-4-19-18(10-14)22-17(7-9-37-22)23(29)32-19/h2-6,8,10-12H,7,9,13H2,1H3,(H2,29,32). The Hall–Kier alpha value is -4.61. The molecule has 0 spiro atoms. The van der Waals surface area contributed by atoms with E-state index >= 15 is 0 Å². The molecular weight excluding hydrogens is 487 g/mol. The summed E-state index contributed by atoms with van der Waals surface area (Å²) in [5.41, 5.74) is 7.84. The lowest BCUT2D eigenvalue weighted by atomic mass is 10.1. The van der Waals surface area contributed by atoms with Gasteiger partial charge in [-0.3, -0.25) is 14.4 Å². The number of imidazole rings is 1. The van der Waals surface area contributed by atoms with E-state index in [4.69, 9.17) is 10.5 Å². The summed E-state index contributed by atoms with van der Waals surface area (Å²) in [4.78, 5) is 24.2. The second-order valence-electron chi connectivity index (χ2n) is 8.75. The van der Waals surface area contributed by atoms with Crippen LogP contribution in [0.1, 0.15) is 27.2 Å². The fourth-order valence-electron chi connectivity index (χ4n) is 4.58. The van der Waals surface area contributed by atoms with E-state index in [1.54, 1.807) is 42.2 Å². The number of nitrogens with zero attached hydrogens (tertiary/aromatic N) is 6. The highest BCUT2D eigenvalue weighted by molar-refractivity contribution is 6.08. The number of rotatable bonds is 4. The molecule has 5 aromatic rings. The monoisotopic (exact) mass is 507 g/mol. The number of halogens is 3. The molecule has 0 saturated heterocycles. The lowest BCUT2D eigenvalue weighted by molar-refractivity contribution is -0.137. The molecule has 0 fully saturated rings. The van der Waals surface area contributed by atoms with Crippen molar-refractivity contribution in [3.8, 4) is 5.75 Å². The number of pyridine rings is 2. The predicted molar refractivity (Wildman–Crippen MR) is 129 cm³/mol. The molecule has 0 atom stereocenters. The SMILES string of the molecule is Cn1nccc1N(Cc1cn2cc(C(F)(F)F)ccc2n1)C(=O)c1ccc2nc(N)c3c(c2c1)OCC3. The van der Waals surface area contributed by atoms with E-state index < -0.39 is 11.7 Å². The molecule has 188 valence electrons. The van der Waals surface area contributed by atoms with Gasteiger partial charge in [-0.1, -0.05) is 0 Å². The maximum atomic E-state index is 13.8. The Kier molecular flexibility index (Phi) is 5.07. The molecule has 0 saturated carbocycles. The fourth-order valence-corrected chi connectivity index (χ4v) is 4.58. The molecule has 0 aliphatic carbocycles. The van der Waals surface area contributed by atoms with Crippen LogP contribution in [0.2, 0.25) is 0 Å². The first-order chi connectivity index (χ1) is 17.7. The normalized spacial score (nSPS) is 13.2. The topological polar surface area (TPSA) is 104 Å². The lowest BCUT2D eigenvalue weighted by Crippen LogP contribution is -2.32. The van der Waals surface area contributed by atoms with Gasteiger partial charge < -0.3 is 14.9 Å². The van der Waals surface area contributed by atoms with E-state index in [0.717, 1.165) is 17.8 Å². The molecule has 1 aliphatic rings. The van der Waals surface area contributed by atoms with Crippen LogP contribution in [-0.4, -0.2) is 36.7 Å². The maximum absolute atomic E-state index is 13.8. The second-order valence-corrected chi connectivity index (χ2v) is 8.75. The van der Waals surface area contributed by atoms with Crippen LogP contribution in [0.3, 0.4) is 0 Å². The molecule has 0 radical (unpaired) electrons. The molecule has 37 heavy (non-hydrogen) atoms. The van der Waals surface area contributed by atoms with E-state index in [-0.39, 0.29) is 12.5 Å². The number of hydrogen-bond acceptors (Lipinski definition) is 6. The average molecular weight is 507 g/mol. The molecule has 6 rings (SSSR count). The Bertz CT molecular complexity index is 1690. The average Bonchev–Trinajstić information content (AvgIpc) is 3.60. The van der Waals surface area contributed by atoms with Crippen LogP contribution in [0.25, 0.3) is 16.6 Å². The van der Waals surface area contributed by atoms with Gasteiger partial charge in [0.2, 0.25) is 0 Å². The van der Waals surface area contributed by atoms with Crippen LogP contribution >= 0.6 is 0 Å². The van der Waals surface area contributed by atoms with Crippen molar-refractivity contribution in [2.24, 2.45) is 7.05 Å². The van der Waals surface area contributed by atoms with Crippen LogP contribution in [0.5, 0.6) is 5.75 Å². The molecule has 1 aromatic carbocycles. The van der Waals surface area contributed by atoms with Crippen LogP contribution in [0.4, 0.5) is 24.8 Å². The van der Waals surface area contributed by atoms with Gasteiger partial charge in [0.15, 0.2) is 0 Å². The van der Waals surface area contributed by atoms with E-state index in [1.165, 1.54) is 21.6 Å². The number of nitrogen functional groups attached to an aromatic ring is 1. The van der Waals surface area contributed by atoms with Crippen molar-refractivity contribution in [1.82, 2.24) is 24.1 Å². The number of carbonyl (C=O) groups excluding carboxylic acids is 1. The largest absolute Gasteiger partial charge is 0.492 e. The second kappa shape index (κ2) is 8.22. The molecule has 1 aliphatic heterocycles. The summed E-state index contributed by atoms with van der Waals surface area (Å²) in [5.74, 6) is 1.19. The van der Waals surface area contributed by atoms with E-state index in [9.17, 15) is 18.0 Å². The third-order valence-corrected chi connectivity index (χ3v) is 6.38. The first kappa shape index (κ1) is 22.8. The smallest absolute Gasteiger partial charge is 0.417 e. The number of aryl methyl sites for hydroxylation is 1. The van der Waals surface area contributed by atoms with Gasteiger partial charge in [-0.15, -0.1) is 0 Å². The molecule has 9 nitrogen and oxygen atoms in total. The Morgan fingerprint density at radius 2 is 2.00 bits per heavy atom. The minimum Gasteiger partial charge on any atom is -0.492 e. The Morgan fingerprint density at radius 1 is 1.16 bits per heavy atom. The number of carbonyl (C=O) groups is 1. The number of alkyl halides is 3. The summed E-state index contributed by atoms with van der Waals surface area (Å²) in [6.45, 7) is 0.498. The number of amides is 1. The first-order valence-electron chi connectivity index (χ1n) is 11.4. The van der Waals surface area contributed by atoms with Crippen molar-refractivity contribution >= 4 is 34.1 Å². The highest BCUT2D eigenvalue weighted by Crippen LogP contribution is 2.37. The van der Waals surface area contributed by atoms with Crippen LogP contribution in [0, 0.1) is 0 Å². The summed E-state index contributed by atoms with van der Waals surface area (Å²) >= 11 is 0. The van der Waals surface area contributed by atoms with E-state index in [0.29, 0.717) is 58.2 Å². The van der Waals surface area contributed by atoms with E-state index in [1.807, 2.05) is 0 Å². The number of aromatic nitrogens is 5. The summed E-state index contributed by atoms with van der Waals surface area (Å²) in [6, 6.07) is 9.04. The number of anilines is 2. The molecule has 0 unspecified atom stereocenters. The number of ether oxygens (including phenoxy) is 1. The Morgan fingerprint density at radius 3 is 2.76 bits per heavy atom. The van der Waals surface area contributed by atoms with Crippen LogP contribution in [-0.2, 0) is 26.2 Å². The van der Waals surface area contributed by atoms with Crippen molar-refractivity contribution in [3.05, 3.63) is 77.4 Å². The van der Waals surface area contributed by atoms with Crippen molar-refractivity contribution in [1.29, 1.82) is 0 Å². The lowest BCUT2D eigenvalue weighted by Gasteiger charge is -2.22. The minimum absolute atomic E-state index is 0.00797. The molecule has 12 heteroatoms. The maximum Gasteiger partial charge on any atom is 0.417 e. The summed E-state index contributed by atoms with van der Waals surface area (Å²) in [5, 5.41) is 4.86. The van der Waals surface area contributed by atoms with Gasteiger partial charge >= 0.3 is 6.18 Å². The molecule has 2 N–H and O–H groups in total. The zero-order chi connectivity index (χ0) is 25.9. The van der Waals surface area contributed by atoms with Crippen LogP contribution in [0.15, 0.2) is 55.0 Å². The minimum atomic E-state index is -4.48. The molecule has 5 heterocycles. The Labute approximate surface area is 207 Å². The number of benzene rings is 1. The zero-order valence-corrected chi connectivity index (χ0v) is 19.5. The van der Waals surface area contributed by atoms with Crippen molar-refractivity contribution < 1.29 is 22.7 Å².